The van der Waals surface area contributed by atoms with E-state index in [4.69, 9.17) is 19.3 Å². The van der Waals surface area contributed by atoms with Crippen molar-refractivity contribution in [2.75, 3.05) is 6.61 Å². The standard InChI is InChI=1S/C10H16O5/c11-5-6-7-8(9(12)13-6)15-10(14-7)3-1-2-4-10/h6-9,11-12H,1-5H2/t6-,7-,8-,9?/m1/s1. The van der Waals surface area contributed by atoms with Gasteiger partial charge >= 0.3 is 0 Å². The summed E-state index contributed by atoms with van der Waals surface area (Å²) in [6, 6.07) is 0. The van der Waals surface area contributed by atoms with Gasteiger partial charge in [-0.05, 0) is 12.8 Å². The second-order valence-electron chi connectivity index (χ2n) is 4.53. The molecule has 1 unspecified atom stereocenters. The molecular formula is C10H16O5. The summed E-state index contributed by atoms with van der Waals surface area (Å²) >= 11 is 0. The van der Waals surface area contributed by atoms with E-state index in [0.717, 1.165) is 25.7 Å². The number of hydrogen-bond donors (Lipinski definition) is 2. The normalized spacial score (nSPS) is 47.6. The molecule has 3 rings (SSSR count). The maximum atomic E-state index is 9.61. The van der Waals surface area contributed by atoms with Crippen molar-refractivity contribution in [3.8, 4) is 0 Å². The van der Waals surface area contributed by atoms with Crippen molar-refractivity contribution in [2.45, 2.75) is 56.1 Å². The van der Waals surface area contributed by atoms with E-state index in [2.05, 4.69) is 0 Å². The smallest absolute Gasteiger partial charge is 0.184 e. The molecule has 2 N–H and O–H groups in total. The zero-order chi connectivity index (χ0) is 10.5. The first-order chi connectivity index (χ1) is 7.24. The monoisotopic (exact) mass is 216 g/mol. The van der Waals surface area contributed by atoms with Crippen molar-refractivity contribution in [3.63, 3.8) is 0 Å². The Morgan fingerprint density at radius 2 is 1.80 bits per heavy atom. The molecule has 1 saturated carbocycles. The van der Waals surface area contributed by atoms with Crippen LogP contribution in [0.25, 0.3) is 0 Å². The van der Waals surface area contributed by atoms with Crippen molar-refractivity contribution >= 4 is 0 Å². The van der Waals surface area contributed by atoms with E-state index >= 15 is 0 Å². The van der Waals surface area contributed by atoms with Crippen LogP contribution in [0.15, 0.2) is 0 Å². The van der Waals surface area contributed by atoms with Crippen LogP contribution in [0.1, 0.15) is 25.7 Å². The van der Waals surface area contributed by atoms with Gasteiger partial charge in [0.25, 0.3) is 0 Å². The first-order valence-electron chi connectivity index (χ1n) is 5.54. The zero-order valence-corrected chi connectivity index (χ0v) is 8.46. The lowest BCUT2D eigenvalue weighted by Gasteiger charge is -2.25. The molecule has 0 radical (unpaired) electrons. The number of aliphatic hydroxyl groups is 2. The molecule has 4 atom stereocenters. The lowest BCUT2D eigenvalue weighted by molar-refractivity contribution is -0.235. The summed E-state index contributed by atoms with van der Waals surface area (Å²) in [5, 5.41) is 18.7. The summed E-state index contributed by atoms with van der Waals surface area (Å²) in [5.41, 5.74) is 0. The van der Waals surface area contributed by atoms with E-state index in [1.54, 1.807) is 0 Å². The molecule has 0 amide bonds. The second-order valence-corrected chi connectivity index (χ2v) is 4.53. The fourth-order valence-electron chi connectivity index (χ4n) is 2.80. The molecule has 0 aromatic rings. The summed E-state index contributed by atoms with van der Waals surface area (Å²) in [7, 11) is 0. The molecule has 5 nitrogen and oxygen atoms in total. The molecule has 0 aromatic heterocycles. The van der Waals surface area contributed by atoms with E-state index in [-0.39, 0.29) is 12.7 Å². The number of rotatable bonds is 1. The van der Waals surface area contributed by atoms with Crippen molar-refractivity contribution in [2.24, 2.45) is 0 Å². The Hall–Kier alpha value is -0.200. The third-order valence-electron chi connectivity index (χ3n) is 3.53. The highest BCUT2D eigenvalue weighted by molar-refractivity contribution is 4.97. The maximum Gasteiger partial charge on any atom is 0.184 e. The Labute approximate surface area is 87.9 Å². The Morgan fingerprint density at radius 1 is 1.13 bits per heavy atom. The number of aliphatic hydroxyl groups excluding tert-OH is 2. The summed E-state index contributed by atoms with van der Waals surface area (Å²) in [6.45, 7) is -0.141. The Kier molecular flexibility index (Phi) is 2.26. The van der Waals surface area contributed by atoms with Gasteiger partial charge in [-0.2, -0.15) is 0 Å². The van der Waals surface area contributed by atoms with Crippen molar-refractivity contribution < 1.29 is 24.4 Å². The fourth-order valence-corrected chi connectivity index (χ4v) is 2.80. The quantitative estimate of drug-likeness (QED) is 0.632. The molecule has 2 aliphatic heterocycles. The van der Waals surface area contributed by atoms with Gasteiger partial charge in [0.2, 0.25) is 0 Å². The van der Waals surface area contributed by atoms with Gasteiger partial charge in [0, 0.05) is 12.8 Å². The molecule has 0 aromatic carbocycles. The first kappa shape index (κ1) is 9.99. The highest BCUT2D eigenvalue weighted by atomic mass is 16.8. The van der Waals surface area contributed by atoms with Gasteiger partial charge in [0.1, 0.15) is 18.3 Å². The van der Waals surface area contributed by atoms with E-state index in [1.807, 2.05) is 0 Å². The summed E-state index contributed by atoms with van der Waals surface area (Å²) < 4.78 is 16.7. The summed E-state index contributed by atoms with van der Waals surface area (Å²) in [5.74, 6) is -0.506. The van der Waals surface area contributed by atoms with Crippen molar-refractivity contribution in [1.29, 1.82) is 0 Å². The molecule has 3 aliphatic rings. The van der Waals surface area contributed by atoms with E-state index in [0.29, 0.717) is 0 Å². The highest BCUT2D eigenvalue weighted by Gasteiger charge is 2.58. The molecule has 2 saturated heterocycles. The van der Waals surface area contributed by atoms with Gasteiger partial charge in [-0.1, -0.05) is 0 Å². The molecule has 2 heterocycles. The predicted molar refractivity (Wildman–Crippen MR) is 48.9 cm³/mol. The molecule has 86 valence electrons. The van der Waals surface area contributed by atoms with Crippen LogP contribution in [0.4, 0.5) is 0 Å². The van der Waals surface area contributed by atoms with E-state index in [1.165, 1.54) is 0 Å². The van der Waals surface area contributed by atoms with Gasteiger partial charge in [0.15, 0.2) is 12.1 Å². The van der Waals surface area contributed by atoms with Crippen LogP contribution in [0.5, 0.6) is 0 Å². The molecule has 0 bridgehead atoms. The number of ether oxygens (including phenoxy) is 3. The van der Waals surface area contributed by atoms with Crippen molar-refractivity contribution in [1.82, 2.24) is 0 Å². The SMILES string of the molecule is OC[C@H]1OC(O)[C@@H]2OC3(CCCC3)O[C@H]12. The van der Waals surface area contributed by atoms with Crippen LogP contribution in [0.2, 0.25) is 0 Å². The number of fused-ring (bicyclic) bond motifs is 1. The Bertz CT molecular complexity index is 250. The van der Waals surface area contributed by atoms with E-state index < -0.39 is 24.3 Å². The topological polar surface area (TPSA) is 68.2 Å². The Balaban J connectivity index is 1.78. The number of hydrogen-bond acceptors (Lipinski definition) is 5. The van der Waals surface area contributed by atoms with Crippen LogP contribution in [-0.4, -0.2) is 47.2 Å². The lowest BCUT2D eigenvalue weighted by atomic mass is 10.1. The Morgan fingerprint density at radius 3 is 2.47 bits per heavy atom. The first-order valence-corrected chi connectivity index (χ1v) is 5.54. The van der Waals surface area contributed by atoms with E-state index in [9.17, 15) is 5.11 Å². The summed E-state index contributed by atoms with van der Waals surface area (Å²) in [4.78, 5) is 0. The third kappa shape index (κ3) is 1.42. The lowest BCUT2D eigenvalue weighted by Crippen LogP contribution is -2.33. The maximum absolute atomic E-state index is 9.61. The fraction of sp³-hybridized carbons (Fsp3) is 1.00. The van der Waals surface area contributed by atoms with Crippen molar-refractivity contribution in [3.05, 3.63) is 0 Å². The van der Waals surface area contributed by atoms with Gasteiger partial charge < -0.3 is 24.4 Å². The van der Waals surface area contributed by atoms with Crippen LogP contribution >= 0.6 is 0 Å². The third-order valence-corrected chi connectivity index (χ3v) is 3.53. The van der Waals surface area contributed by atoms with Gasteiger partial charge in [-0.25, -0.2) is 0 Å². The van der Waals surface area contributed by atoms with Crippen LogP contribution in [0.3, 0.4) is 0 Å². The minimum absolute atomic E-state index is 0.141. The highest BCUT2D eigenvalue weighted by Crippen LogP contribution is 2.46. The molecular weight excluding hydrogens is 200 g/mol. The minimum Gasteiger partial charge on any atom is -0.394 e. The predicted octanol–water partition coefficient (Wildman–Crippen LogP) is -0.250. The molecule has 1 spiro atoms. The van der Waals surface area contributed by atoms with Gasteiger partial charge in [0.05, 0.1) is 6.61 Å². The minimum atomic E-state index is -0.966. The average Bonchev–Trinajstić information content (AvgIpc) is 2.88. The average molecular weight is 216 g/mol. The molecule has 5 heteroatoms. The second kappa shape index (κ2) is 3.40. The van der Waals surface area contributed by atoms with Gasteiger partial charge in [-0.3, -0.25) is 0 Å². The van der Waals surface area contributed by atoms with Crippen LogP contribution in [-0.2, 0) is 14.2 Å². The molecule has 1 aliphatic carbocycles. The van der Waals surface area contributed by atoms with Crippen LogP contribution < -0.4 is 0 Å². The molecule has 3 fully saturated rings. The summed E-state index contributed by atoms with van der Waals surface area (Å²) in [6.07, 6.45) is 1.79. The molecule has 15 heavy (non-hydrogen) atoms. The largest absolute Gasteiger partial charge is 0.394 e. The van der Waals surface area contributed by atoms with Gasteiger partial charge in [-0.15, -0.1) is 0 Å². The van der Waals surface area contributed by atoms with Crippen LogP contribution in [0, 0.1) is 0 Å². The zero-order valence-electron chi connectivity index (χ0n) is 8.46.